The number of aryl methyl sites for hydroxylation is 1. The van der Waals surface area contributed by atoms with Gasteiger partial charge in [0.1, 0.15) is 0 Å². The van der Waals surface area contributed by atoms with Crippen LogP contribution in [0.3, 0.4) is 0 Å². The molecular formula is C27H28O2. The molecule has 0 saturated heterocycles. The summed E-state index contributed by atoms with van der Waals surface area (Å²) in [5, 5.41) is 20.6. The highest BCUT2D eigenvalue weighted by Crippen LogP contribution is 2.47. The Balaban J connectivity index is 1.68. The number of aliphatic hydroxyl groups excluding tert-OH is 2. The van der Waals surface area contributed by atoms with Gasteiger partial charge in [0.2, 0.25) is 0 Å². The second-order valence-electron chi connectivity index (χ2n) is 8.05. The lowest BCUT2D eigenvalue weighted by Gasteiger charge is -2.41. The average Bonchev–Trinajstić information content (AvgIpc) is 2.77. The number of hydrogen-bond donors (Lipinski definition) is 2. The molecule has 2 heteroatoms. The van der Waals surface area contributed by atoms with Gasteiger partial charge in [-0.15, -0.1) is 0 Å². The van der Waals surface area contributed by atoms with E-state index in [1.54, 1.807) is 0 Å². The molecule has 4 rings (SSSR count). The van der Waals surface area contributed by atoms with Crippen molar-refractivity contribution >= 4 is 6.08 Å². The molecule has 3 aromatic rings. The summed E-state index contributed by atoms with van der Waals surface area (Å²) in [6.07, 6.45) is 7.18. The first-order valence-corrected chi connectivity index (χ1v) is 10.4. The highest BCUT2D eigenvalue weighted by Gasteiger charge is 2.40. The number of fused-ring (bicyclic) bond motifs is 1. The second kappa shape index (κ2) is 8.77. The van der Waals surface area contributed by atoms with Gasteiger partial charge in [0, 0.05) is 12.0 Å². The molecule has 0 amide bonds. The minimum Gasteiger partial charge on any atom is -0.396 e. The Hall–Kier alpha value is -2.68. The van der Waals surface area contributed by atoms with Crippen molar-refractivity contribution in [3.63, 3.8) is 0 Å². The van der Waals surface area contributed by atoms with Crippen LogP contribution in [-0.4, -0.2) is 16.8 Å². The Labute approximate surface area is 173 Å². The molecule has 1 aliphatic carbocycles. The van der Waals surface area contributed by atoms with Crippen molar-refractivity contribution in [1.29, 1.82) is 0 Å². The average molecular weight is 385 g/mol. The summed E-state index contributed by atoms with van der Waals surface area (Å²) in [6, 6.07) is 27.0. The minimum absolute atomic E-state index is 0.165. The van der Waals surface area contributed by atoms with Crippen LogP contribution < -0.4 is 0 Å². The first-order valence-electron chi connectivity index (χ1n) is 10.4. The van der Waals surface area contributed by atoms with Crippen LogP contribution in [0.2, 0.25) is 0 Å². The highest BCUT2D eigenvalue weighted by atomic mass is 16.3. The van der Waals surface area contributed by atoms with Crippen LogP contribution in [0.5, 0.6) is 0 Å². The van der Waals surface area contributed by atoms with Crippen molar-refractivity contribution in [2.24, 2.45) is 5.41 Å². The van der Waals surface area contributed by atoms with E-state index in [0.29, 0.717) is 6.42 Å². The molecule has 148 valence electrons. The van der Waals surface area contributed by atoms with Gasteiger partial charge in [-0.25, -0.2) is 0 Å². The van der Waals surface area contributed by atoms with E-state index >= 15 is 0 Å². The number of hydrogen-bond acceptors (Lipinski definition) is 2. The lowest BCUT2D eigenvalue weighted by Crippen LogP contribution is -2.34. The zero-order valence-electron chi connectivity index (χ0n) is 16.7. The fourth-order valence-corrected chi connectivity index (χ4v) is 4.42. The summed E-state index contributed by atoms with van der Waals surface area (Å²) >= 11 is 0. The quantitative estimate of drug-likeness (QED) is 0.617. The predicted octanol–water partition coefficient (Wildman–Crippen LogP) is 5.14. The molecule has 3 aromatic carbocycles. The maximum absolute atomic E-state index is 11.5. The van der Waals surface area contributed by atoms with Crippen LogP contribution >= 0.6 is 0 Å². The molecule has 1 aliphatic rings. The largest absolute Gasteiger partial charge is 0.396 e. The summed E-state index contributed by atoms with van der Waals surface area (Å²) in [7, 11) is 0. The van der Waals surface area contributed by atoms with Crippen LogP contribution in [0.15, 0.2) is 84.9 Å². The molecule has 0 fully saturated rings. The highest BCUT2D eigenvalue weighted by molar-refractivity contribution is 5.51. The normalized spacial score (nSPS) is 21.2. The monoisotopic (exact) mass is 384 g/mol. The zero-order valence-corrected chi connectivity index (χ0v) is 16.7. The maximum atomic E-state index is 11.5. The summed E-state index contributed by atoms with van der Waals surface area (Å²) in [4.78, 5) is 0. The molecule has 0 heterocycles. The van der Waals surface area contributed by atoms with Crippen LogP contribution in [0.1, 0.15) is 40.3 Å². The summed E-state index contributed by atoms with van der Waals surface area (Å²) in [6.45, 7) is 0.165. The molecule has 2 unspecified atom stereocenters. The van der Waals surface area contributed by atoms with E-state index in [4.69, 9.17) is 5.11 Å². The lowest BCUT2D eigenvalue weighted by molar-refractivity contribution is 0.0423. The van der Waals surface area contributed by atoms with Crippen molar-refractivity contribution < 1.29 is 10.2 Å². The van der Waals surface area contributed by atoms with E-state index in [1.807, 2.05) is 24.3 Å². The topological polar surface area (TPSA) is 40.5 Å². The van der Waals surface area contributed by atoms with Gasteiger partial charge in [-0.3, -0.25) is 0 Å². The molecule has 0 radical (unpaired) electrons. The Morgan fingerprint density at radius 1 is 0.862 bits per heavy atom. The Morgan fingerprint density at radius 3 is 2.31 bits per heavy atom. The van der Waals surface area contributed by atoms with Crippen LogP contribution in [-0.2, 0) is 19.3 Å². The molecule has 29 heavy (non-hydrogen) atoms. The standard InChI is InChI=1S/C27H28O2/c28-19-16-22-10-12-23(13-11-22)20-27(17-14-21-6-2-1-3-7-21)18-15-24-8-4-5-9-25(24)26(27)29/h1-14,17,26,28-29H,15-16,18-20H2/b17-14+. The number of benzene rings is 3. The maximum Gasteiger partial charge on any atom is 0.0886 e. The zero-order chi connectivity index (χ0) is 20.1. The van der Waals surface area contributed by atoms with Crippen molar-refractivity contribution in [3.05, 3.63) is 113 Å². The molecule has 2 N–H and O–H groups in total. The summed E-state index contributed by atoms with van der Waals surface area (Å²) in [5.74, 6) is 0. The fourth-order valence-electron chi connectivity index (χ4n) is 4.42. The van der Waals surface area contributed by atoms with Gasteiger partial charge >= 0.3 is 0 Å². The smallest absolute Gasteiger partial charge is 0.0886 e. The molecule has 0 aliphatic heterocycles. The molecule has 0 saturated carbocycles. The van der Waals surface area contributed by atoms with E-state index in [9.17, 15) is 5.11 Å². The van der Waals surface area contributed by atoms with Crippen molar-refractivity contribution in [1.82, 2.24) is 0 Å². The first kappa shape index (κ1) is 19.6. The van der Waals surface area contributed by atoms with Crippen molar-refractivity contribution in [2.75, 3.05) is 6.61 Å². The molecular weight excluding hydrogens is 356 g/mol. The van der Waals surface area contributed by atoms with Gasteiger partial charge in [-0.05, 0) is 53.5 Å². The van der Waals surface area contributed by atoms with Gasteiger partial charge in [0.25, 0.3) is 0 Å². The van der Waals surface area contributed by atoms with E-state index in [-0.39, 0.29) is 12.0 Å². The van der Waals surface area contributed by atoms with Crippen molar-refractivity contribution in [2.45, 2.75) is 31.8 Å². The Morgan fingerprint density at radius 2 is 1.55 bits per heavy atom. The minimum atomic E-state index is -0.537. The van der Waals surface area contributed by atoms with Gasteiger partial charge in [-0.1, -0.05) is 91.0 Å². The fraction of sp³-hybridized carbons (Fsp3) is 0.259. The molecule has 0 spiro atoms. The molecule has 2 atom stereocenters. The van der Waals surface area contributed by atoms with E-state index in [1.165, 1.54) is 11.1 Å². The third-order valence-corrected chi connectivity index (χ3v) is 6.12. The Kier molecular flexibility index (Phi) is 5.94. The summed E-state index contributed by atoms with van der Waals surface area (Å²) in [5.41, 5.74) is 5.46. The van der Waals surface area contributed by atoms with E-state index in [2.05, 4.69) is 66.7 Å². The van der Waals surface area contributed by atoms with Crippen LogP contribution in [0.4, 0.5) is 0 Å². The van der Waals surface area contributed by atoms with E-state index < -0.39 is 6.10 Å². The van der Waals surface area contributed by atoms with Gasteiger partial charge in [0.05, 0.1) is 6.10 Å². The molecule has 0 bridgehead atoms. The van der Waals surface area contributed by atoms with Gasteiger partial charge in [-0.2, -0.15) is 0 Å². The number of rotatable bonds is 6. The van der Waals surface area contributed by atoms with Crippen LogP contribution in [0.25, 0.3) is 6.08 Å². The van der Waals surface area contributed by atoms with E-state index in [0.717, 1.165) is 36.0 Å². The summed E-state index contributed by atoms with van der Waals surface area (Å²) < 4.78 is 0. The van der Waals surface area contributed by atoms with Gasteiger partial charge in [0.15, 0.2) is 0 Å². The number of aliphatic hydroxyl groups is 2. The SMILES string of the molecule is OCCc1ccc(CC2(/C=C/c3ccccc3)CCc3ccccc3C2O)cc1. The first-order chi connectivity index (χ1) is 14.2. The molecule has 2 nitrogen and oxygen atoms in total. The third-order valence-electron chi connectivity index (χ3n) is 6.12. The molecule has 0 aromatic heterocycles. The van der Waals surface area contributed by atoms with Crippen LogP contribution in [0, 0.1) is 5.41 Å². The third kappa shape index (κ3) is 4.34. The Bertz CT molecular complexity index is 959. The second-order valence-corrected chi connectivity index (χ2v) is 8.05. The van der Waals surface area contributed by atoms with Crippen molar-refractivity contribution in [3.8, 4) is 0 Å². The predicted molar refractivity (Wildman–Crippen MR) is 119 cm³/mol. The lowest BCUT2D eigenvalue weighted by atomic mass is 9.66. The van der Waals surface area contributed by atoms with Gasteiger partial charge < -0.3 is 10.2 Å².